The summed E-state index contributed by atoms with van der Waals surface area (Å²) in [5.41, 5.74) is 1.01. The Labute approximate surface area is 75.4 Å². The van der Waals surface area contributed by atoms with Crippen molar-refractivity contribution >= 4 is 12.0 Å². The fraction of sp³-hybridized carbons (Fsp3) is 0.286. The Kier molecular flexibility index (Phi) is 3.02. The second-order valence-corrected chi connectivity index (χ2v) is 2.65. The lowest BCUT2D eigenvalue weighted by Crippen LogP contribution is -2.24. The lowest BCUT2D eigenvalue weighted by molar-refractivity contribution is 0.255. The van der Waals surface area contributed by atoms with Crippen LogP contribution in [0.25, 0.3) is 0 Å². The maximum Gasteiger partial charge on any atom is 0.325 e. The molecule has 0 fully saturated rings. The van der Waals surface area contributed by atoms with Gasteiger partial charge in [0, 0.05) is 6.20 Å². The van der Waals surface area contributed by atoms with Gasteiger partial charge in [-0.25, -0.2) is 9.89 Å². The Morgan fingerprint density at radius 3 is 2.92 bits per heavy atom. The average molecular weight is 181 g/mol. The molecule has 0 radical (unpaired) electrons. The van der Waals surface area contributed by atoms with Crippen LogP contribution in [0.5, 0.6) is 0 Å². The minimum Gasteiger partial charge on any atom is -0.314 e. The number of urea groups is 1. The number of anilines is 1. The number of carbonyl (C=O) groups is 1. The van der Waals surface area contributed by atoms with Crippen LogP contribution in [0.4, 0.5) is 10.7 Å². The lowest BCUT2D eigenvalue weighted by atomic mass is 10.4. The number of hydrogen-bond donors (Lipinski definition) is 3. The molecule has 1 aromatic heterocycles. The smallest absolute Gasteiger partial charge is 0.314 e. The van der Waals surface area contributed by atoms with Gasteiger partial charge in [-0.3, -0.25) is 5.32 Å². The van der Waals surface area contributed by atoms with Crippen molar-refractivity contribution in [1.29, 1.82) is 0 Å². The molecule has 1 rings (SSSR count). The van der Waals surface area contributed by atoms with E-state index in [2.05, 4.69) is 25.8 Å². The highest BCUT2D eigenvalue weighted by Crippen LogP contribution is 1.91. The molecule has 0 bridgehead atoms. The molecule has 3 N–H and O–H groups in total. The Morgan fingerprint density at radius 2 is 2.38 bits per heavy atom. The van der Waals surface area contributed by atoms with E-state index < -0.39 is 0 Å². The van der Waals surface area contributed by atoms with Crippen molar-refractivity contribution in [3.8, 4) is 0 Å². The first-order valence-electron chi connectivity index (χ1n) is 3.75. The normalized spacial score (nSPS) is 9.08. The summed E-state index contributed by atoms with van der Waals surface area (Å²) in [5.74, 6) is 0.319. The molecule has 0 atom stereocenters. The van der Waals surface area contributed by atoms with E-state index in [1.165, 1.54) is 6.33 Å². The van der Waals surface area contributed by atoms with Gasteiger partial charge in [0.1, 0.15) is 6.33 Å². The molecule has 6 nitrogen and oxygen atoms in total. The van der Waals surface area contributed by atoms with Crippen molar-refractivity contribution in [1.82, 2.24) is 20.5 Å². The maximum absolute atomic E-state index is 11.1. The van der Waals surface area contributed by atoms with E-state index >= 15 is 0 Å². The van der Waals surface area contributed by atoms with Crippen molar-refractivity contribution in [3.05, 3.63) is 18.1 Å². The summed E-state index contributed by atoms with van der Waals surface area (Å²) in [6, 6.07) is -0.349. The predicted octanol–water partition coefficient (Wildman–Crippen LogP) is 0.850. The topological polar surface area (TPSA) is 82.7 Å². The molecule has 0 spiro atoms. The molecule has 0 saturated carbocycles. The second kappa shape index (κ2) is 4.24. The summed E-state index contributed by atoms with van der Waals surface area (Å²) in [7, 11) is 0. The molecule has 1 aromatic rings. The first-order chi connectivity index (χ1) is 6.18. The highest BCUT2D eigenvalue weighted by atomic mass is 16.2. The summed E-state index contributed by atoms with van der Waals surface area (Å²) in [6.45, 7) is 3.77. The summed E-state index contributed by atoms with van der Waals surface area (Å²) in [5, 5.41) is 11.1. The third-order valence-electron chi connectivity index (χ3n) is 1.14. The van der Waals surface area contributed by atoms with Crippen LogP contribution < -0.4 is 10.6 Å². The molecule has 2 amide bonds. The summed E-state index contributed by atoms with van der Waals surface area (Å²) in [6.07, 6.45) is 2.92. The zero-order valence-electron chi connectivity index (χ0n) is 7.46. The summed E-state index contributed by atoms with van der Waals surface area (Å²) >= 11 is 0. The highest BCUT2D eigenvalue weighted by molar-refractivity contribution is 5.87. The molecule has 0 aliphatic carbocycles. The molecule has 0 aromatic carbocycles. The van der Waals surface area contributed by atoms with Gasteiger partial charge < -0.3 is 5.32 Å². The van der Waals surface area contributed by atoms with E-state index in [1.54, 1.807) is 6.20 Å². The van der Waals surface area contributed by atoms with Gasteiger partial charge in [-0.1, -0.05) is 5.57 Å². The number of nitrogens with one attached hydrogen (secondary N) is 3. The quantitative estimate of drug-likeness (QED) is 0.632. The number of hydrogen-bond acceptors (Lipinski definition) is 3. The van der Waals surface area contributed by atoms with Crippen LogP contribution in [-0.2, 0) is 0 Å². The van der Waals surface area contributed by atoms with Crippen molar-refractivity contribution in [2.24, 2.45) is 0 Å². The van der Waals surface area contributed by atoms with Gasteiger partial charge in [0.05, 0.1) is 0 Å². The molecule has 70 valence electrons. The molecule has 0 unspecified atom stereocenters. The van der Waals surface area contributed by atoms with E-state index in [0.29, 0.717) is 5.95 Å². The lowest BCUT2D eigenvalue weighted by Gasteiger charge is -1.99. The van der Waals surface area contributed by atoms with Crippen LogP contribution in [0.1, 0.15) is 13.8 Å². The van der Waals surface area contributed by atoms with Gasteiger partial charge in [-0.2, -0.15) is 10.1 Å². The zero-order chi connectivity index (χ0) is 9.68. The van der Waals surface area contributed by atoms with Gasteiger partial charge in [0.15, 0.2) is 0 Å². The first-order valence-corrected chi connectivity index (χ1v) is 3.75. The molecule has 0 aliphatic heterocycles. The molecule has 1 heterocycles. The van der Waals surface area contributed by atoms with E-state index in [0.717, 1.165) is 5.57 Å². The third kappa shape index (κ3) is 3.37. The molecular weight excluding hydrogens is 170 g/mol. The van der Waals surface area contributed by atoms with Gasteiger partial charge in [-0.05, 0) is 13.8 Å². The second-order valence-electron chi connectivity index (χ2n) is 2.65. The minimum atomic E-state index is -0.349. The minimum absolute atomic E-state index is 0.319. The van der Waals surface area contributed by atoms with Crippen molar-refractivity contribution in [2.45, 2.75) is 13.8 Å². The number of allylic oxidation sites excluding steroid dienone is 1. The summed E-state index contributed by atoms with van der Waals surface area (Å²) < 4.78 is 0. The first kappa shape index (κ1) is 9.24. The highest BCUT2D eigenvalue weighted by Gasteiger charge is 1.99. The molecule has 0 aliphatic rings. The van der Waals surface area contributed by atoms with Gasteiger partial charge >= 0.3 is 6.03 Å². The number of rotatable bonds is 2. The SMILES string of the molecule is CC(C)=CNC(=O)Nc1ncn[nH]1. The number of nitrogens with zero attached hydrogens (tertiary/aromatic N) is 2. The maximum atomic E-state index is 11.1. The fourth-order valence-electron chi connectivity index (χ4n) is 0.619. The van der Waals surface area contributed by atoms with E-state index in [-0.39, 0.29) is 6.03 Å². The van der Waals surface area contributed by atoms with Gasteiger partial charge in [-0.15, -0.1) is 0 Å². The van der Waals surface area contributed by atoms with E-state index in [9.17, 15) is 4.79 Å². The van der Waals surface area contributed by atoms with Crippen molar-refractivity contribution < 1.29 is 4.79 Å². The molecular formula is C7H11N5O. The monoisotopic (exact) mass is 181 g/mol. The predicted molar refractivity (Wildman–Crippen MR) is 48.0 cm³/mol. The molecule has 13 heavy (non-hydrogen) atoms. The molecule has 6 heteroatoms. The van der Waals surface area contributed by atoms with Crippen LogP contribution in [0.3, 0.4) is 0 Å². The Morgan fingerprint density at radius 1 is 1.62 bits per heavy atom. The number of aromatic nitrogens is 3. The van der Waals surface area contributed by atoms with E-state index in [1.807, 2.05) is 13.8 Å². The third-order valence-corrected chi connectivity index (χ3v) is 1.14. The fourth-order valence-corrected chi connectivity index (χ4v) is 0.619. The number of carbonyl (C=O) groups excluding carboxylic acids is 1. The standard InChI is InChI=1S/C7H11N5O/c1-5(2)3-8-7(13)11-6-9-4-10-12-6/h3-4H,1-2H3,(H3,8,9,10,11,12,13). The largest absolute Gasteiger partial charge is 0.325 e. The number of amides is 2. The number of H-pyrrole nitrogens is 1. The van der Waals surface area contributed by atoms with Crippen LogP contribution in [0, 0.1) is 0 Å². The zero-order valence-corrected chi connectivity index (χ0v) is 7.46. The van der Waals surface area contributed by atoms with Gasteiger partial charge in [0.2, 0.25) is 5.95 Å². The van der Waals surface area contributed by atoms with Crippen LogP contribution in [0.2, 0.25) is 0 Å². The van der Waals surface area contributed by atoms with Crippen LogP contribution >= 0.6 is 0 Å². The Bertz CT molecular complexity index is 299. The van der Waals surface area contributed by atoms with E-state index in [4.69, 9.17) is 0 Å². The number of aromatic amines is 1. The average Bonchev–Trinajstić information content (AvgIpc) is 2.53. The van der Waals surface area contributed by atoms with Crippen LogP contribution in [0.15, 0.2) is 18.1 Å². The van der Waals surface area contributed by atoms with Crippen molar-refractivity contribution in [2.75, 3.05) is 5.32 Å². The Hall–Kier alpha value is -1.85. The molecule has 0 saturated heterocycles. The van der Waals surface area contributed by atoms with Gasteiger partial charge in [0.25, 0.3) is 0 Å². The van der Waals surface area contributed by atoms with Crippen LogP contribution in [-0.4, -0.2) is 21.2 Å². The van der Waals surface area contributed by atoms with Crippen molar-refractivity contribution in [3.63, 3.8) is 0 Å². The summed E-state index contributed by atoms with van der Waals surface area (Å²) in [4.78, 5) is 14.8. The Balaban J connectivity index is 2.39.